The summed E-state index contributed by atoms with van der Waals surface area (Å²) in [7, 11) is 0. The molecule has 2 heterocycles. The number of hydrogen-bond acceptors (Lipinski definition) is 5. The second kappa shape index (κ2) is 5.31. The Balaban J connectivity index is 2.00. The maximum Gasteiger partial charge on any atom is 0.310 e. The summed E-state index contributed by atoms with van der Waals surface area (Å²) < 4.78 is 5.01. The number of carbonyl (C=O) groups excluding carboxylic acids is 1. The number of nitrogens with zero attached hydrogens (tertiary/aromatic N) is 3. The van der Waals surface area contributed by atoms with Crippen molar-refractivity contribution < 1.29 is 9.53 Å². The summed E-state index contributed by atoms with van der Waals surface area (Å²) in [5.41, 5.74) is 0. The molecule has 1 atom stereocenters. The van der Waals surface area contributed by atoms with Gasteiger partial charge in [-0.15, -0.1) is 0 Å². The maximum absolute atomic E-state index is 11.6. The van der Waals surface area contributed by atoms with Crippen molar-refractivity contribution in [3.05, 3.63) is 17.5 Å². The predicted octanol–water partition coefficient (Wildman–Crippen LogP) is 1.52. The normalized spacial score (nSPS) is 19.4. The topological polar surface area (TPSA) is 55.3 Å². The molecule has 0 N–H and O–H groups in total. The van der Waals surface area contributed by atoms with Crippen LogP contribution in [0.25, 0.3) is 0 Å². The highest BCUT2D eigenvalue weighted by Crippen LogP contribution is 2.23. The Hall–Kier alpha value is -1.36. The van der Waals surface area contributed by atoms with Gasteiger partial charge in [-0.2, -0.15) is 0 Å². The number of carbonyl (C=O) groups is 1. The number of esters is 1. The maximum atomic E-state index is 11.6. The van der Waals surface area contributed by atoms with Crippen LogP contribution >= 0.6 is 11.6 Å². The van der Waals surface area contributed by atoms with Crippen LogP contribution in [0.15, 0.2) is 12.4 Å². The highest BCUT2D eigenvalue weighted by molar-refractivity contribution is 6.29. The first-order valence-electron chi connectivity index (χ1n) is 5.60. The summed E-state index contributed by atoms with van der Waals surface area (Å²) in [6.07, 6.45) is 2.22. The molecule has 1 aliphatic heterocycles. The first-order valence-corrected chi connectivity index (χ1v) is 5.97. The van der Waals surface area contributed by atoms with Crippen LogP contribution in [0.5, 0.6) is 0 Å². The van der Waals surface area contributed by atoms with Gasteiger partial charge in [-0.1, -0.05) is 11.6 Å². The van der Waals surface area contributed by atoms with Gasteiger partial charge in [-0.3, -0.25) is 4.79 Å². The number of anilines is 1. The Kier molecular flexibility index (Phi) is 3.78. The number of aromatic nitrogens is 2. The van der Waals surface area contributed by atoms with Crippen LogP contribution in [0.3, 0.4) is 0 Å². The third-order valence-corrected chi connectivity index (χ3v) is 2.96. The molecule has 5 nitrogen and oxygen atoms in total. The number of hydrogen-bond donors (Lipinski definition) is 0. The van der Waals surface area contributed by atoms with E-state index in [4.69, 9.17) is 16.3 Å². The predicted molar refractivity (Wildman–Crippen MR) is 64.0 cm³/mol. The number of halogens is 1. The van der Waals surface area contributed by atoms with E-state index in [1.807, 2.05) is 11.8 Å². The highest BCUT2D eigenvalue weighted by atomic mass is 35.5. The van der Waals surface area contributed by atoms with Crippen LogP contribution in [0.1, 0.15) is 13.3 Å². The van der Waals surface area contributed by atoms with Gasteiger partial charge in [0.1, 0.15) is 17.3 Å². The van der Waals surface area contributed by atoms with E-state index >= 15 is 0 Å². The third-order valence-electron chi connectivity index (χ3n) is 2.75. The van der Waals surface area contributed by atoms with Crippen LogP contribution in [0, 0.1) is 5.92 Å². The number of rotatable bonds is 3. The minimum absolute atomic E-state index is 0.0660. The van der Waals surface area contributed by atoms with Crippen molar-refractivity contribution in [2.45, 2.75) is 13.3 Å². The zero-order valence-corrected chi connectivity index (χ0v) is 10.4. The Morgan fingerprint density at radius 2 is 2.47 bits per heavy atom. The quantitative estimate of drug-likeness (QED) is 0.605. The summed E-state index contributed by atoms with van der Waals surface area (Å²) in [5, 5.41) is 0.412. The molecule has 0 saturated carbocycles. The fourth-order valence-electron chi connectivity index (χ4n) is 1.92. The van der Waals surface area contributed by atoms with Crippen molar-refractivity contribution in [1.29, 1.82) is 0 Å². The second-order valence-electron chi connectivity index (χ2n) is 3.88. The van der Waals surface area contributed by atoms with Crippen molar-refractivity contribution in [3.8, 4) is 0 Å². The van der Waals surface area contributed by atoms with E-state index in [-0.39, 0.29) is 11.9 Å². The van der Waals surface area contributed by atoms with Gasteiger partial charge in [0.25, 0.3) is 0 Å². The van der Waals surface area contributed by atoms with Gasteiger partial charge in [0.15, 0.2) is 0 Å². The molecule has 0 amide bonds. The zero-order valence-electron chi connectivity index (χ0n) is 9.60. The molecule has 0 radical (unpaired) electrons. The first-order chi connectivity index (χ1) is 8.20. The smallest absolute Gasteiger partial charge is 0.310 e. The average molecular weight is 256 g/mol. The lowest BCUT2D eigenvalue weighted by Crippen LogP contribution is -2.24. The molecule has 0 aromatic carbocycles. The summed E-state index contributed by atoms with van der Waals surface area (Å²) in [5.74, 6) is 0.565. The van der Waals surface area contributed by atoms with Crippen molar-refractivity contribution in [2.75, 3.05) is 24.6 Å². The van der Waals surface area contributed by atoms with Gasteiger partial charge < -0.3 is 9.64 Å². The summed E-state index contributed by atoms with van der Waals surface area (Å²) in [6, 6.07) is 1.70. The molecular formula is C11H14ClN3O2. The molecule has 0 aliphatic carbocycles. The minimum atomic E-state index is -0.129. The Morgan fingerprint density at radius 3 is 3.18 bits per heavy atom. The van der Waals surface area contributed by atoms with E-state index in [1.165, 1.54) is 6.33 Å². The lowest BCUT2D eigenvalue weighted by Gasteiger charge is -2.16. The molecule has 0 spiro atoms. The summed E-state index contributed by atoms with van der Waals surface area (Å²) in [4.78, 5) is 21.6. The van der Waals surface area contributed by atoms with E-state index < -0.39 is 0 Å². The SMILES string of the molecule is CCOC(=O)[C@H]1CCN(c2cc(Cl)ncn2)C1. The van der Waals surface area contributed by atoms with Gasteiger partial charge in [0, 0.05) is 19.2 Å². The van der Waals surface area contributed by atoms with E-state index in [1.54, 1.807) is 6.07 Å². The molecular weight excluding hydrogens is 242 g/mol. The molecule has 0 bridgehead atoms. The molecule has 1 fully saturated rings. The molecule has 1 aromatic rings. The molecule has 1 aromatic heterocycles. The van der Waals surface area contributed by atoms with Crippen LogP contribution in [0.2, 0.25) is 5.15 Å². The fraction of sp³-hybridized carbons (Fsp3) is 0.545. The van der Waals surface area contributed by atoms with Crippen molar-refractivity contribution in [3.63, 3.8) is 0 Å². The van der Waals surface area contributed by atoms with Crippen LogP contribution in [-0.4, -0.2) is 35.6 Å². The lowest BCUT2D eigenvalue weighted by atomic mass is 10.1. The fourth-order valence-corrected chi connectivity index (χ4v) is 2.06. The van der Waals surface area contributed by atoms with E-state index in [0.29, 0.717) is 18.3 Å². The summed E-state index contributed by atoms with van der Waals surface area (Å²) in [6.45, 7) is 3.66. The molecule has 2 rings (SSSR count). The lowest BCUT2D eigenvalue weighted by molar-refractivity contribution is -0.147. The van der Waals surface area contributed by atoms with Gasteiger partial charge >= 0.3 is 5.97 Å². The van der Waals surface area contributed by atoms with E-state index in [9.17, 15) is 4.79 Å². The van der Waals surface area contributed by atoms with Crippen LogP contribution < -0.4 is 4.90 Å². The van der Waals surface area contributed by atoms with Crippen molar-refractivity contribution >= 4 is 23.4 Å². The zero-order chi connectivity index (χ0) is 12.3. The van der Waals surface area contributed by atoms with Gasteiger partial charge in [-0.25, -0.2) is 9.97 Å². The Morgan fingerprint density at radius 1 is 1.65 bits per heavy atom. The molecule has 0 unspecified atom stereocenters. The molecule has 92 valence electrons. The van der Waals surface area contributed by atoms with E-state index in [0.717, 1.165) is 18.8 Å². The minimum Gasteiger partial charge on any atom is -0.466 e. The third kappa shape index (κ3) is 2.85. The highest BCUT2D eigenvalue weighted by Gasteiger charge is 2.30. The standard InChI is InChI=1S/C11H14ClN3O2/c1-2-17-11(16)8-3-4-15(6-8)10-5-9(12)13-7-14-10/h5,7-8H,2-4,6H2,1H3/t8-/m0/s1. The average Bonchev–Trinajstić information content (AvgIpc) is 2.78. The van der Waals surface area contributed by atoms with Gasteiger partial charge in [0.05, 0.1) is 12.5 Å². The van der Waals surface area contributed by atoms with Crippen LogP contribution in [0.4, 0.5) is 5.82 Å². The molecule has 17 heavy (non-hydrogen) atoms. The first kappa shape index (κ1) is 12.1. The van der Waals surface area contributed by atoms with Crippen molar-refractivity contribution in [2.24, 2.45) is 5.92 Å². The Labute approximate surface area is 105 Å². The summed E-state index contributed by atoms with van der Waals surface area (Å²) >= 11 is 5.80. The monoisotopic (exact) mass is 255 g/mol. The molecule has 6 heteroatoms. The van der Waals surface area contributed by atoms with E-state index in [2.05, 4.69) is 9.97 Å². The second-order valence-corrected chi connectivity index (χ2v) is 4.27. The Bertz CT molecular complexity index is 413. The van der Waals surface area contributed by atoms with Crippen molar-refractivity contribution in [1.82, 2.24) is 9.97 Å². The van der Waals surface area contributed by atoms with Gasteiger partial charge in [0.2, 0.25) is 0 Å². The van der Waals surface area contributed by atoms with Gasteiger partial charge in [-0.05, 0) is 13.3 Å². The van der Waals surface area contributed by atoms with Crippen LogP contribution in [-0.2, 0) is 9.53 Å². The molecule has 1 aliphatic rings. The molecule has 1 saturated heterocycles. The largest absolute Gasteiger partial charge is 0.466 e. The number of ether oxygens (including phenoxy) is 1.